The molecule has 0 saturated carbocycles. The smallest absolute Gasteiger partial charge is 0.185 e. The molecule has 0 N–H and O–H groups in total. The van der Waals surface area contributed by atoms with Crippen LogP contribution in [0.25, 0.3) is 0 Å². The van der Waals surface area contributed by atoms with E-state index in [1.165, 1.54) is 11.8 Å². The third kappa shape index (κ3) is 4.82. The minimum atomic E-state index is 0.203. The van der Waals surface area contributed by atoms with E-state index in [1.807, 2.05) is 14.1 Å². The van der Waals surface area contributed by atoms with Crippen LogP contribution in [0.3, 0.4) is 0 Å². The van der Waals surface area contributed by atoms with Crippen LogP contribution < -0.4 is 0 Å². The SMILES string of the molecule is CC(=O)SCC(C)N(C)C. The second-order valence-electron chi connectivity index (χ2n) is 2.62. The average Bonchev–Trinajstić information content (AvgIpc) is 1.82. The molecule has 0 aromatic heterocycles. The van der Waals surface area contributed by atoms with Gasteiger partial charge in [0, 0.05) is 18.7 Å². The van der Waals surface area contributed by atoms with Gasteiger partial charge in [-0.2, -0.15) is 0 Å². The van der Waals surface area contributed by atoms with Crippen molar-refractivity contribution in [1.29, 1.82) is 0 Å². The van der Waals surface area contributed by atoms with Crippen LogP contribution in [0, 0.1) is 0 Å². The molecule has 10 heavy (non-hydrogen) atoms. The van der Waals surface area contributed by atoms with Crippen LogP contribution in [0.4, 0.5) is 0 Å². The quantitative estimate of drug-likeness (QED) is 0.620. The Morgan fingerprint density at radius 3 is 2.40 bits per heavy atom. The Morgan fingerprint density at radius 1 is 1.60 bits per heavy atom. The Kier molecular flexibility index (Phi) is 4.73. The maximum atomic E-state index is 10.5. The normalized spacial score (nSPS) is 13.7. The number of hydrogen-bond acceptors (Lipinski definition) is 3. The molecule has 0 radical (unpaired) electrons. The average molecular weight is 161 g/mol. The van der Waals surface area contributed by atoms with E-state index in [4.69, 9.17) is 0 Å². The van der Waals surface area contributed by atoms with E-state index in [-0.39, 0.29) is 5.12 Å². The molecular formula is C7H15NOS. The first-order valence-electron chi connectivity index (χ1n) is 3.34. The van der Waals surface area contributed by atoms with Crippen LogP contribution in [0.2, 0.25) is 0 Å². The summed E-state index contributed by atoms with van der Waals surface area (Å²) in [6.07, 6.45) is 0. The van der Waals surface area contributed by atoms with E-state index in [0.29, 0.717) is 6.04 Å². The molecule has 0 aliphatic rings. The van der Waals surface area contributed by atoms with Crippen molar-refractivity contribution in [2.24, 2.45) is 0 Å². The third-order valence-electron chi connectivity index (χ3n) is 1.41. The van der Waals surface area contributed by atoms with E-state index in [9.17, 15) is 4.79 Å². The number of carbonyl (C=O) groups excluding carboxylic acids is 1. The van der Waals surface area contributed by atoms with Gasteiger partial charge in [-0.3, -0.25) is 4.79 Å². The second-order valence-corrected chi connectivity index (χ2v) is 3.81. The van der Waals surface area contributed by atoms with E-state index >= 15 is 0 Å². The van der Waals surface area contributed by atoms with Crippen LogP contribution in [0.1, 0.15) is 13.8 Å². The van der Waals surface area contributed by atoms with Gasteiger partial charge in [-0.15, -0.1) is 0 Å². The Hall–Kier alpha value is -0.0200. The summed E-state index contributed by atoms with van der Waals surface area (Å²) in [5, 5.41) is 0.203. The molecule has 60 valence electrons. The topological polar surface area (TPSA) is 20.3 Å². The first-order chi connectivity index (χ1) is 4.54. The van der Waals surface area contributed by atoms with Gasteiger partial charge in [-0.05, 0) is 21.0 Å². The van der Waals surface area contributed by atoms with Crippen molar-refractivity contribution in [3.63, 3.8) is 0 Å². The number of rotatable bonds is 3. The maximum Gasteiger partial charge on any atom is 0.185 e. The van der Waals surface area contributed by atoms with Gasteiger partial charge in [0.1, 0.15) is 0 Å². The van der Waals surface area contributed by atoms with Crippen molar-refractivity contribution in [3.8, 4) is 0 Å². The van der Waals surface area contributed by atoms with Gasteiger partial charge in [0.2, 0.25) is 0 Å². The molecule has 1 atom stereocenters. The number of carbonyl (C=O) groups is 1. The van der Waals surface area contributed by atoms with E-state index in [0.717, 1.165) is 5.75 Å². The minimum absolute atomic E-state index is 0.203. The molecule has 2 nitrogen and oxygen atoms in total. The standard InChI is InChI=1S/C7H15NOS/c1-6(8(3)4)5-10-7(2)9/h6H,5H2,1-4H3. The monoisotopic (exact) mass is 161 g/mol. The Balaban J connectivity index is 3.39. The lowest BCUT2D eigenvalue weighted by Crippen LogP contribution is -2.27. The molecule has 0 amide bonds. The van der Waals surface area contributed by atoms with E-state index < -0.39 is 0 Å². The summed E-state index contributed by atoms with van der Waals surface area (Å²) in [4.78, 5) is 12.6. The molecule has 0 rings (SSSR count). The van der Waals surface area contributed by atoms with E-state index in [1.54, 1.807) is 6.92 Å². The highest BCUT2D eigenvalue weighted by atomic mass is 32.2. The van der Waals surface area contributed by atoms with Gasteiger partial charge in [-0.1, -0.05) is 11.8 Å². The fourth-order valence-corrected chi connectivity index (χ4v) is 1.16. The Labute approximate surface area is 67.0 Å². The molecule has 1 unspecified atom stereocenters. The molecule has 0 aromatic carbocycles. The lowest BCUT2D eigenvalue weighted by molar-refractivity contribution is -0.109. The van der Waals surface area contributed by atoms with Gasteiger partial charge in [0.25, 0.3) is 0 Å². The first kappa shape index (κ1) is 9.98. The number of hydrogen-bond donors (Lipinski definition) is 0. The molecule has 3 heteroatoms. The molecule has 0 aromatic rings. The summed E-state index contributed by atoms with van der Waals surface area (Å²) < 4.78 is 0. The van der Waals surface area contributed by atoms with Crippen molar-refractivity contribution < 1.29 is 4.79 Å². The third-order valence-corrected chi connectivity index (χ3v) is 2.46. The van der Waals surface area contributed by atoms with Crippen molar-refractivity contribution in [3.05, 3.63) is 0 Å². The van der Waals surface area contributed by atoms with Crippen molar-refractivity contribution >= 4 is 16.9 Å². The summed E-state index contributed by atoms with van der Waals surface area (Å²) in [6.45, 7) is 3.71. The largest absolute Gasteiger partial charge is 0.306 e. The van der Waals surface area contributed by atoms with Crippen LogP contribution in [0.5, 0.6) is 0 Å². The minimum Gasteiger partial charge on any atom is -0.306 e. The molecule has 0 heterocycles. The fourth-order valence-electron chi connectivity index (χ4n) is 0.387. The zero-order valence-electron chi connectivity index (χ0n) is 7.05. The van der Waals surface area contributed by atoms with Gasteiger partial charge in [0.15, 0.2) is 5.12 Å². The van der Waals surface area contributed by atoms with Crippen molar-refractivity contribution in [2.45, 2.75) is 19.9 Å². The van der Waals surface area contributed by atoms with Gasteiger partial charge < -0.3 is 4.90 Å². The lowest BCUT2D eigenvalue weighted by atomic mass is 10.4. The zero-order chi connectivity index (χ0) is 8.15. The maximum absolute atomic E-state index is 10.5. The highest BCUT2D eigenvalue weighted by Gasteiger charge is 2.04. The molecule has 0 saturated heterocycles. The fraction of sp³-hybridized carbons (Fsp3) is 0.857. The molecule has 0 fully saturated rings. The van der Waals surface area contributed by atoms with Crippen molar-refractivity contribution in [1.82, 2.24) is 4.90 Å². The molecular weight excluding hydrogens is 146 g/mol. The predicted molar refractivity (Wildman–Crippen MR) is 46.3 cm³/mol. The summed E-state index contributed by atoms with van der Waals surface area (Å²) in [5.41, 5.74) is 0. The summed E-state index contributed by atoms with van der Waals surface area (Å²) >= 11 is 1.39. The highest BCUT2D eigenvalue weighted by molar-refractivity contribution is 8.13. The summed E-state index contributed by atoms with van der Waals surface area (Å²) in [7, 11) is 4.04. The number of nitrogens with zero attached hydrogens (tertiary/aromatic N) is 1. The molecule has 0 bridgehead atoms. The number of thioether (sulfide) groups is 1. The van der Waals surface area contributed by atoms with Gasteiger partial charge >= 0.3 is 0 Å². The van der Waals surface area contributed by atoms with Crippen LogP contribution in [0.15, 0.2) is 0 Å². The zero-order valence-corrected chi connectivity index (χ0v) is 7.86. The predicted octanol–water partition coefficient (Wildman–Crippen LogP) is 1.22. The highest BCUT2D eigenvalue weighted by Crippen LogP contribution is 2.05. The van der Waals surface area contributed by atoms with Gasteiger partial charge in [0.05, 0.1) is 0 Å². The lowest BCUT2D eigenvalue weighted by Gasteiger charge is -2.17. The first-order valence-corrected chi connectivity index (χ1v) is 4.32. The van der Waals surface area contributed by atoms with E-state index in [2.05, 4.69) is 11.8 Å². The summed E-state index contributed by atoms with van der Waals surface area (Å²) in [5.74, 6) is 0.891. The molecule has 0 aliphatic carbocycles. The molecule has 0 spiro atoms. The van der Waals surface area contributed by atoms with Crippen LogP contribution in [-0.4, -0.2) is 35.9 Å². The summed E-state index contributed by atoms with van der Waals surface area (Å²) in [6, 6.07) is 0.480. The van der Waals surface area contributed by atoms with Crippen molar-refractivity contribution in [2.75, 3.05) is 19.8 Å². The second kappa shape index (κ2) is 4.74. The van der Waals surface area contributed by atoms with Crippen LogP contribution in [-0.2, 0) is 4.79 Å². The van der Waals surface area contributed by atoms with Gasteiger partial charge in [-0.25, -0.2) is 0 Å². The Morgan fingerprint density at radius 2 is 2.10 bits per heavy atom. The molecule has 0 aliphatic heterocycles. The van der Waals surface area contributed by atoms with Crippen LogP contribution >= 0.6 is 11.8 Å². The Bertz CT molecular complexity index is 114.